The number of nitrogens with zero attached hydrogens (tertiary/aromatic N) is 3. The van der Waals surface area contributed by atoms with Gasteiger partial charge >= 0.3 is 6.18 Å². The van der Waals surface area contributed by atoms with Crippen molar-refractivity contribution in [2.45, 2.75) is 45.0 Å². The maximum atomic E-state index is 12.8. The molecule has 0 saturated carbocycles. The fraction of sp³-hybridized carbons (Fsp3) is 0.688. The first kappa shape index (κ1) is 19.1. The molecule has 2 aliphatic rings. The van der Waals surface area contributed by atoms with Crippen LogP contribution < -0.4 is 0 Å². The van der Waals surface area contributed by atoms with Gasteiger partial charge in [-0.3, -0.25) is 9.59 Å². The molecule has 6 nitrogen and oxygen atoms in total. The molecule has 0 aromatic carbocycles. The van der Waals surface area contributed by atoms with Gasteiger partial charge in [-0.15, -0.1) is 11.3 Å². The molecule has 3 heterocycles. The Hall–Kier alpha value is -1.68. The van der Waals surface area contributed by atoms with Crippen LogP contribution in [0.5, 0.6) is 0 Å². The summed E-state index contributed by atoms with van der Waals surface area (Å²) in [7, 11) is 0. The van der Waals surface area contributed by atoms with Crippen LogP contribution in [0.2, 0.25) is 0 Å². The van der Waals surface area contributed by atoms with E-state index in [9.17, 15) is 22.8 Å². The third-order valence-corrected chi connectivity index (χ3v) is 5.67. The summed E-state index contributed by atoms with van der Waals surface area (Å²) in [5.41, 5.74) is 0.346. The van der Waals surface area contributed by atoms with Gasteiger partial charge in [-0.25, -0.2) is 4.98 Å². The van der Waals surface area contributed by atoms with Crippen molar-refractivity contribution in [3.05, 3.63) is 15.6 Å². The third-order valence-electron chi connectivity index (χ3n) is 4.46. The van der Waals surface area contributed by atoms with Crippen molar-refractivity contribution in [1.82, 2.24) is 14.8 Å². The number of hydrogen-bond acceptors (Lipinski definition) is 5. The zero-order valence-corrected chi connectivity index (χ0v) is 15.2. The second kappa shape index (κ2) is 7.51. The maximum absolute atomic E-state index is 12.8. The molecule has 3 rings (SSSR count). The van der Waals surface area contributed by atoms with Gasteiger partial charge in [0.15, 0.2) is 5.01 Å². The molecular weight excluding hydrogens is 371 g/mol. The number of alkyl halides is 3. The molecule has 1 aromatic heterocycles. The fourth-order valence-corrected chi connectivity index (χ4v) is 4.02. The van der Waals surface area contributed by atoms with Gasteiger partial charge in [0.1, 0.15) is 6.61 Å². The molecule has 0 N–H and O–H groups in total. The van der Waals surface area contributed by atoms with Crippen LogP contribution in [0.3, 0.4) is 0 Å². The largest absolute Gasteiger partial charge is 0.443 e. The molecule has 1 fully saturated rings. The lowest BCUT2D eigenvalue weighted by Crippen LogP contribution is -2.46. The highest BCUT2D eigenvalue weighted by molar-refractivity contribution is 7.11. The summed E-state index contributed by atoms with van der Waals surface area (Å²) >= 11 is 0.663. The standard InChI is InChI=1S/C16H20F3N3O3S/c1-10-7-21(14(24)9-25-10)5-2-3-13(23)22-6-4-12-11(8-22)20-15(26-12)16(17,18)19/h10H,2-9H2,1H3/t10-/m0/s1. The second-order valence-electron chi connectivity index (χ2n) is 6.52. The van der Waals surface area contributed by atoms with E-state index >= 15 is 0 Å². The number of carbonyl (C=O) groups excluding carboxylic acids is 2. The highest BCUT2D eigenvalue weighted by Gasteiger charge is 2.37. The van der Waals surface area contributed by atoms with Gasteiger partial charge in [0.05, 0.1) is 18.3 Å². The van der Waals surface area contributed by atoms with E-state index in [0.717, 1.165) is 0 Å². The van der Waals surface area contributed by atoms with Crippen LogP contribution in [0.4, 0.5) is 13.2 Å². The molecule has 10 heteroatoms. The second-order valence-corrected chi connectivity index (χ2v) is 7.60. The SMILES string of the molecule is C[C@H]1CN(CCCC(=O)N2CCc3sc(C(F)(F)F)nc3C2)C(=O)CO1. The minimum Gasteiger partial charge on any atom is -0.367 e. The van der Waals surface area contributed by atoms with Crippen molar-refractivity contribution in [2.75, 3.05) is 26.2 Å². The number of aromatic nitrogens is 1. The van der Waals surface area contributed by atoms with Crippen LogP contribution in [0.1, 0.15) is 35.3 Å². The van der Waals surface area contributed by atoms with Crippen LogP contribution in [0.25, 0.3) is 0 Å². The molecule has 2 amide bonds. The molecule has 0 spiro atoms. The van der Waals surface area contributed by atoms with E-state index < -0.39 is 11.2 Å². The van der Waals surface area contributed by atoms with Crippen LogP contribution in [0, 0.1) is 0 Å². The lowest BCUT2D eigenvalue weighted by atomic mass is 10.1. The molecule has 0 bridgehead atoms. The Kier molecular flexibility index (Phi) is 5.52. The van der Waals surface area contributed by atoms with E-state index in [1.807, 2.05) is 6.92 Å². The van der Waals surface area contributed by atoms with Gasteiger partial charge in [0.25, 0.3) is 0 Å². The highest BCUT2D eigenvalue weighted by atomic mass is 32.1. The monoisotopic (exact) mass is 391 g/mol. The van der Waals surface area contributed by atoms with Crippen molar-refractivity contribution < 1.29 is 27.5 Å². The van der Waals surface area contributed by atoms with Gasteiger partial charge in [-0.2, -0.15) is 13.2 Å². The Bertz CT molecular complexity index is 692. The van der Waals surface area contributed by atoms with E-state index in [4.69, 9.17) is 4.74 Å². The van der Waals surface area contributed by atoms with E-state index in [-0.39, 0.29) is 37.5 Å². The summed E-state index contributed by atoms with van der Waals surface area (Å²) in [5.74, 6) is -0.203. The van der Waals surface area contributed by atoms with E-state index in [1.165, 1.54) is 0 Å². The van der Waals surface area contributed by atoms with Crippen molar-refractivity contribution >= 4 is 23.2 Å². The number of carbonyl (C=O) groups is 2. The predicted octanol–water partition coefficient (Wildman–Crippen LogP) is 2.07. The zero-order valence-electron chi connectivity index (χ0n) is 14.3. The zero-order chi connectivity index (χ0) is 18.9. The number of thiazole rings is 1. The Morgan fingerprint density at radius 2 is 2.19 bits per heavy atom. The minimum absolute atomic E-state index is 0.0172. The molecule has 1 saturated heterocycles. The molecule has 0 radical (unpaired) electrons. The number of fused-ring (bicyclic) bond motifs is 1. The van der Waals surface area contributed by atoms with Gasteiger partial charge in [0.2, 0.25) is 11.8 Å². The first-order valence-corrected chi connectivity index (χ1v) is 9.28. The lowest BCUT2D eigenvalue weighted by Gasteiger charge is -2.31. The molecule has 2 aliphatic heterocycles. The van der Waals surface area contributed by atoms with Gasteiger partial charge < -0.3 is 14.5 Å². The first-order chi connectivity index (χ1) is 12.2. The van der Waals surface area contributed by atoms with E-state index in [1.54, 1.807) is 9.80 Å². The van der Waals surface area contributed by atoms with Crippen LogP contribution in [0.15, 0.2) is 0 Å². The Morgan fingerprint density at radius 3 is 2.92 bits per heavy atom. The van der Waals surface area contributed by atoms with E-state index in [2.05, 4.69) is 4.98 Å². The molecule has 0 aliphatic carbocycles. The molecule has 144 valence electrons. The number of rotatable bonds is 4. The number of halogens is 3. The number of morpholine rings is 1. The topological polar surface area (TPSA) is 62.7 Å². The molecule has 0 unspecified atom stereocenters. The van der Waals surface area contributed by atoms with Crippen LogP contribution in [-0.2, 0) is 33.5 Å². The van der Waals surface area contributed by atoms with Crippen LogP contribution >= 0.6 is 11.3 Å². The van der Waals surface area contributed by atoms with Crippen molar-refractivity contribution in [3.63, 3.8) is 0 Å². The Balaban J connectivity index is 1.50. The molecule has 26 heavy (non-hydrogen) atoms. The summed E-state index contributed by atoms with van der Waals surface area (Å²) in [6.07, 6.45) is -3.29. The van der Waals surface area contributed by atoms with Crippen molar-refractivity contribution in [2.24, 2.45) is 0 Å². The lowest BCUT2D eigenvalue weighted by molar-refractivity contribution is -0.148. The van der Waals surface area contributed by atoms with Crippen LogP contribution in [-0.4, -0.2) is 58.9 Å². The first-order valence-electron chi connectivity index (χ1n) is 8.47. The average molecular weight is 391 g/mol. The smallest absolute Gasteiger partial charge is 0.367 e. The van der Waals surface area contributed by atoms with Crippen molar-refractivity contribution in [3.8, 4) is 0 Å². The molecule has 1 aromatic rings. The molecular formula is C16H20F3N3O3S. The summed E-state index contributed by atoms with van der Waals surface area (Å²) in [4.78, 5) is 31.6. The maximum Gasteiger partial charge on any atom is 0.443 e. The van der Waals surface area contributed by atoms with Gasteiger partial charge in [-0.05, 0) is 13.3 Å². The third kappa shape index (κ3) is 4.35. The number of amides is 2. The summed E-state index contributed by atoms with van der Waals surface area (Å²) in [6, 6.07) is 0. The number of ether oxygens (including phenoxy) is 1. The average Bonchev–Trinajstić information content (AvgIpc) is 3.01. The molecule has 1 atom stereocenters. The minimum atomic E-state index is -4.45. The highest BCUT2D eigenvalue weighted by Crippen LogP contribution is 2.36. The Labute approximate surface area is 152 Å². The fourth-order valence-electron chi connectivity index (χ4n) is 3.10. The van der Waals surface area contributed by atoms with Gasteiger partial charge in [0, 0.05) is 37.4 Å². The quantitative estimate of drug-likeness (QED) is 0.788. The summed E-state index contributed by atoms with van der Waals surface area (Å²) in [6.45, 7) is 3.47. The van der Waals surface area contributed by atoms with Gasteiger partial charge in [-0.1, -0.05) is 0 Å². The predicted molar refractivity (Wildman–Crippen MR) is 87.5 cm³/mol. The number of hydrogen-bond donors (Lipinski definition) is 0. The van der Waals surface area contributed by atoms with Crippen molar-refractivity contribution in [1.29, 1.82) is 0 Å². The normalized spacial score (nSPS) is 21.1. The summed E-state index contributed by atoms with van der Waals surface area (Å²) < 4.78 is 43.5. The Morgan fingerprint density at radius 1 is 1.42 bits per heavy atom. The van der Waals surface area contributed by atoms with E-state index in [0.29, 0.717) is 54.4 Å². The summed E-state index contributed by atoms with van der Waals surface area (Å²) in [5, 5.41) is -0.850.